The van der Waals surface area contributed by atoms with Crippen LogP contribution in [0.3, 0.4) is 0 Å². The highest BCUT2D eigenvalue weighted by Gasteiger charge is 2.29. The second-order valence-electron chi connectivity index (χ2n) is 4.87. The number of aryl methyl sites for hydroxylation is 1. The van der Waals surface area contributed by atoms with Crippen molar-refractivity contribution in [1.82, 2.24) is 0 Å². The van der Waals surface area contributed by atoms with Crippen LogP contribution in [-0.4, -0.2) is 39.4 Å². The molecule has 0 aliphatic rings. The summed E-state index contributed by atoms with van der Waals surface area (Å²) in [5.41, 5.74) is 0.743. The topological polar surface area (TPSA) is 71.1 Å². The van der Waals surface area contributed by atoms with Crippen LogP contribution in [0.4, 0.5) is 0 Å². The number of carbonyl (C=O) groups excluding carboxylic acids is 2. The second-order valence-corrected chi connectivity index (χ2v) is 5.25. The SMILES string of the molecule is CCOC(=O)C(CCc1ccc(OC)c(OC)c1Cl)C(=O)OCC. The van der Waals surface area contributed by atoms with Gasteiger partial charge in [0.25, 0.3) is 0 Å². The van der Waals surface area contributed by atoms with Gasteiger partial charge in [0.2, 0.25) is 0 Å². The number of rotatable bonds is 9. The molecular formula is C17H23ClO6. The summed E-state index contributed by atoms with van der Waals surface area (Å²) in [5.74, 6) is -1.23. The normalized spacial score (nSPS) is 10.4. The lowest BCUT2D eigenvalue weighted by Crippen LogP contribution is -2.28. The smallest absolute Gasteiger partial charge is 0.320 e. The Morgan fingerprint density at radius 2 is 1.62 bits per heavy atom. The van der Waals surface area contributed by atoms with Crippen molar-refractivity contribution in [2.24, 2.45) is 5.92 Å². The first kappa shape index (κ1) is 20.1. The number of esters is 2. The average molecular weight is 359 g/mol. The number of benzene rings is 1. The Bertz CT molecular complexity index is 554. The van der Waals surface area contributed by atoms with Crippen molar-refractivity contribution in [3.63, 3.8) is 0 Å². The summed E-state index contributed by atoms with van der Waals surface area (Å²) in [6.45, 7) is 3.77. The molecule has 0 N–H and O–H groups in total. The van der Waals surface area contributed by atoms with Crippen molar-refractivity contribution in [3.8, 4) is 11.5 Å². The molecule has 7 heteroatoms. The van der Waals surface area contributed by atoms with Crippen LogP contribution in [0.5, 0.6) is 11.5 Å². The fraction of sp³-hybridized carbons (Fsp3) is 0.529. The van der Waals surface area contributed by atoms with Crippen molar-refractivity contribution in [1.29, 1.82) is 0 Å². The van der Waals surface area contributed by atoms with Crippen molar-refractivity contribution < 1.29 is 28.5 Å². The first-order chi connectivity index (χ1) is 11.5. The Kier molecular flexibility index (Phi) is 8.40. The number of halogens is 1. The van der Waals surface area contributed by atoms with E-state index in [1.807, 2.05) is 0 Å². The first-order valence-electron chi connectivity index (χ1n) is 7.72. The maximum Gasteiger partial charge on any atom is 0.320 e. The quantitative estimate of drug-likeness (QED) is 0.499. The van der Waals surface area contributed by atoms with Gasteiger partial charge in [0, 0.05) is 0 Å². The van der Waals surface area contributed by atoms with E-state index in [-0.39, 0.29) is 19.6 Å². The number of hydrogen-bond donors (Lipinski definition) is 0. The number of hydrogen-bond acceptors (Lipinski definition) is 6. The molecule has 1 aromatic rings. The van der Waals surface area contributed by atoms with E-state index in [0.29, 0.717) is 22.9 Å². The highest BCUT2D eigenvalue weighted by Crippen LogP contribution is 2.38. The molecule has 0 amide bonds. The third-order valence-electron chi connectivity index (χ3n) is 3.41. The van der Waals surface area contributed by atoms with Gasteiger partial charge in [-0.3, -0.25) is 9.59 Å². The van der Waals surface area contributed by atoms with Crippen LogP contribution in [0.1, 0.15) is 25.8 Å². The fourth-order valence-electron chi connectivity index (χ4n) is 2.24. The third-order valence-corrected chi connectivity index (χ3v) is 3.82. The summed E-state index contributed by atoms with van der Waals surface area (Å²) in [7, 11) is 3.01. The fourth-order valence-corrected chi connectivity index (χ4v) is 2.57. The average Bonchev–Trinajstić information content (AvgIpc) is 2.56. The summed E-state index contributed by atoms with van der Waals surface area (Å²) >= 11 is 6.32. The molecule has 0 spiro atoms. The Morgan fingerprint density at radius 1 is 1.04 bits per heavy atom. The summed E-state index contributed by atoms with van der Waals surface area (Å²) in [4.78, 5) is 24.0. The second kappa shape index (κ2) is 10.0. The highest BCUT2D eigenvalue weighted by atomic mass is 35.5. The van der Waals surface area contributed by atoms with Crippen LogP contribution in [-0.2, 0) is 25.5 Å². The molecule has 0 atom stereocenters. The molecule has 0 fully saturated rings. The van der Waals surface area contributed by atoms with E-state index in [9.17, 15) is 9.59 Å². The zero-order valence-electron chi connectivity index (χ0n) is 14.4. The van der Waals surface area contributed by atoms with E-state index in [1.54, 1.807) is 26.0 Å². The Labute approximate surface area is 147 Å². The molecule has 1 aromatic carbocycles. The van der Waals surface area contributed by atoms with Crippen LogP contribution >= 0.6 is 11.6 Å². The number of methoxy groups -OCH3 is 2. The Balaban J connectivity index is 2.93. The lowest BCUT2D eigenvalue weighted by atomic mass is 9.99. The van der Waals surface area contributed by atoms with Gasteiger partial charge < -0.3 is 18.9 Å². The van der Waals surface area contributed by atoms with E-state index < -0.39 is 17.9 Å². The van der Waals surface area contributed by atoms with Gasteiger partial charge in [-0.05, 0) is 38.3 Å². The minimum absolute atomic E-state index is 0.200. The van der Waals surface area contributed by atoms with E-state index in [2.05, 4.69) is 0 Å². The maximum atomic E-state index is 12.0. The van der Waals surface area contributed by atoms with Gasteiger partial charge in [0.15, 0.2) is 17.4 Å². The molecule has 0 radical (unpaired) electrons. The van der Waals surface area contributed by atoms with Crippen molar-refractivity contribution in [2.75, 3.05) is 27.4 Å². The van der Waals surface area contributed by atoms with Gasteiger partial charge in [0.05, 0.1) is 32.5 Å². The highest BCUT2D eigenvalue weighted by molar-refractivity contribution is 6.33. The van der Waals surface area contributed by atoms with E-state index in [0.717, 1.165) is 5.56 Å². The molecule has 134 valence electrons. The van der Waals surface area contributed by atoms with E-state index in [1.165, 1.54) is 14.2 Å². The molecule has 0 saturated carbocycles. The summed E-state index contributed by atoms with van der Waals surface area (Å²) in [6, 6.07) is 3.50. The van der Waals surface area contributed by atoms with Crippen LogP contribution in [0.25, 0.3) is 0 Å². The molecule has 0 heterocycles. The lowest BCUT2D eigenvalue weighted by Gasteiger charge is -2.16. The van der Waals surface area contributed by atoms with Gasteiger partial charge in [-0.15, -0.1) is 0 Å². The number of carbonyl (C=O) groups is 2. The minimum Gasteiger partial charge on any atom is -0.493 e. The Hall–Kier alpha value is -1.95. The summed E-state index contributed by atoms with van der Waals surface area (Å²) in [6.07, 6.45) is 0.619. The van der Waals surface area contributed by atoms with Crippen LogP contribution in [0.2, 0.25) is 5.02 Å². The standard InChI is InChI=1S/C17H23ClO6/c1-5-23-16(19)12(17(20)24-6-2)9-7-11-8-10-13(21-3)15(22-4)14(11)18/h8,10,12H,5-7,9H2,1-4H3. The molecular weight excluding hydrogens is 336 g/mol. The van der Waals surface area contributed by atoms with Crippen molar-refractivity contribution >= 4 is 23.5 Å². The molecule has 0 saturated heterocycles. The number of ether oxygens (including phenoxy) is 4. The van der Waals surface area contributed by atoms with Gasteiger partial charge >= 0.3 is 11.9 Å². The van der Waals surface area contributed by atoms with Crippen molar-refractivity contribution in [3.05, 3.63) is 22.7 Å². The molecule has 0 aliphatic carbocycles. The predicted molar refractivity (Wildman–Crippen MR) is 89.6 cm³/mol. The zero-order valence-corrected chi connectivity index (χ0v) is 15.1. The molecule has 1 rings (SSSR count). The molecule has 0 aromatic heterocycles. The van der Waals surface area contributed by atoms with Crippen LogP contribution in [0.15, 0.2) is 12.1 Å². The van der Waals surface area contributed by atoms with Gasteiger partial charge in [0.1, 0.15) is 0 Å². The summed E-state index contributed by atoms with van der Waals surface area (Å²) < 4.78 is 20.3. The van der Waals surface area contributed by atoms with Crippen LogP contribution < -0.4 is 9.47 Å². The predicted octanol–water partition coefficient (Wildman–Crippen LogP) is 3.03. The van der Waals surface area contributed by atoms with Crippen LogP contribution in [0, 0.1) is 5.92 Å². The molecule has 0 bridgehead atoms. The molecule has 0 aliphatic heterocycles. The molecule has 0 unspecified atom stereocenters. The zero-order chi connectivity index (χ0) is 18.1. The largest absolute Gasteiger partial charge is 0.493 e. The monoisotopic (exact) mass is 358 g/mol. The first-order valence-corrected chi connectivity index (χ1v) is 8.10. The minimum atomic E-state index is -0.978. The summed E-state index contributed by atoms with van der Waals surface area (Å²) in [5, 5.41) is 0.392. The maximum absolute atomic E-state index is 12.0. The van der Waals surface area contributed by atoms with E-state index >= 15 is 0 Å². The van der Waals surface area contributed by atoms with Gasteiger partial charge in [-0.2, -0.15) is 0 Å². The third kappa shape index (κ3) is 5.03. The lowest BCUT2D eigenvalue weighted by molar-refractivity contribution is -0.161. The molecule has 24 heavy (non-hydrogen) atoms. The Morgan fingerprint density at radius 3 is 2.08 bits per heavy atom. The van der Waals surface area contributed by atoms with Gasteiger partial charge in [-0.25, -0.2) is 0 Å². The van der Waals surface area contributed by atoms with Crippen molar-refractivity contribution in [2.45, 2.75) is 26.7 Å². The van der Waals surface area contributed by atoms with Gasteiger partial charge in [-0.1, -0.05) is 17.7 Å². The van der Waals surface area contributed by atoms with E-state index in [4.69, 9.17) is 30.5 Å². The molecule has 6 nitrogen and oxygen atoms in total.